The summed E-state index contributed by atoms with van der Waals surface area (Å²) in [7, 11) is 1.44. The van der Waals surface area contributed by atoms with Gasteiger partial charge in [0, 0.05) is 6.07 Å². The van der Waals surface area contributed by atoms with Gasteiger partial charge in [-0.2, -0.15) is 0 Å². The number of carbonyl (C=O) groups is 4. The molecular weight excluding hydrogens is 492 g/mol. The molecule has 38 heavy (non-hydrogen) atoms. The van der Waals surface area contributed by atoms with Gasteiger partial charge in [-0.25, -0.2) is 14.5 Å². The predicted octanol–water partition coefficient (Wildman–Crippen LogP) is 4.04. The van der Waals surface area contributed by atoms with E-state index >= 15 is 0 Å². The Labute approximate surface area is 218 Å². The van der Waals surface area contributed by atoms with Gasteiger partial charge in [-0.1, -0.05) is 24.3 Å². The van der Waals surface area contributed by atoms with Crippen LogP contribution in [0.2, 0.25) is 0 Å². The monoisotopic (exact) mass is 516 g/mol. The largest absolute Gasteiger partial charge is 0.494 e. The molecule has 194 valence electrons. The molecule has 1 saturated heterocycles. The zero-order valence-corrected chi connectivity index (χ0v) is 20.6. The lowest BCUT2D eigenvalue weighted by Gasteiger charge is -2.26. The molecule has 0 spiro atoms. The second-order valence-corrected chi connectivity index (χ2v) is 8.09. The highest BCUT2D eigenvalue weighted by atomic mass is 16.5. The molecule has 0 aliphatic carbocycles. The van der Waals surface area contributed by atoms with Gasteiger partial charge in [0.25, 0.3) is 11.8 Å². The van der Waals surface area contributed by atoms with E-state index in [1.54, 1.807) is 48.5 Å². The Bertz CT molecular complexity index is 1450. The highest BCUT2D eigenvalue weighted by molar-refractivity contribution is 6.39. The van der Waals surface area contributed by atoms with E-state index in [2.05, 4.69) is 5.32 Å². The van der Waals surface area contributed by atoms with Gasteiger partial charge in [0.05, 0.1) is 25.0 Å². The van der Waals surface area contributed by atoms with Crippen molar-refractivity contribution in [1.29, 1.82) is 0 Å². The summed E-state index contributed by atoms with van der Waals surface area (Å²) in [4.78, 5) is 50.3. The van der Waals surface area contributed by atoms with Crippen molar-refractivity contribution in [1.82, 2.24) is 5.32 Å². The number of amides is 4. The number of carboxylic acid groups (broad SMARTS) is 1. The van der Waals surface area contributed by atoms with Gasteiger partial charge in [-0.05, 0) is 60.5 Å². The van der Waals surface area contributed by atoms with Gasteiger partial charge in [-0.15, -0.1) is 0 Å². The minimum Gasteiger partial charge on any atom is -0.494 e. The van der Waals surface area contributed by atoms with Crippen molar-refractivity contribution in [2.45, 2.75) is 13.5 Å². The van der Waals surface area contributed by atoms with E-state index in [9.17, 15) is 19.2 Å². The zero-order chi connectivity index (χ0) is 27.2. The molecule has 10 nitrogen and oxygen atoms in total. The van der Waals surface area contributed by atoms with Crippen LogP contribution in [0.5, 0.6) is 17.2 Å². The number of nitrogens with one attached hydrogen (secondary N) is 1. The van der Waals surface area contributed by atoms with Gasteiger partial charge in [0.1, 0.15) is 17.9 Å². The minimum absolute atomic E-state index is 0.0939. The number of rotatable bonds is 9. The van der Waals surface area contributed by atoms with E-state index in [0.29, 0.717) is 35.0 Å². The van der Waals surface area contributed by atoms with Gasteiger partial charge >= 0.3 is 12.0 Å². The number of imide groups is 2. The van der Waals surface area contributed by atoms with Crippen molar-refractivity contribution in [2.24, 2.45) is 0 Å². The zero-order valence-electron chi connectivity index (χ0n) is 20.6. The average molecular weight is 517 g/mol. The van der Waals surface area contributed by atoms with E-state index in [0.717, 1.165) is 4.90 Å². The third-order valence-corrected chi connectivity index (χ3v) is 5.56. The van der Waals surface area contributed by atoms with Crippen LogP contribution in [0.25, 0.3) is 6.08 Å². The Hall–Kier alpha value is -5.12. The topological polar surface area (TPSA) is 131 Å². The highest BCUT2D eigenvalue weighted by Gasteiger charge is 2.37. The van der Waals surface area contributed by atoms with Crippen LogP contribution >= 0.6 is 0 Å². The number of benzene rings is 3. The van der Waals surface area contributed by atoms with Crippen molar-refractivity contribution >= 4 is 35.6 Å². The number of carboxylic acids is 1. The first-order valence-corrected chi connectivity index (χ1v) is 11.6. The fourth-order valence-electron chi connectivity index (χ4n) is 3.79. The number of barbiturate groups is 1. The van der Waals surface area contributed by atoms with Gasteiger partial charge in [0.2, 0.25) is 0 Å². The molecule has 0 aromatic heterocycles. The summed E-state index contributed by atoms with van der Waals surface area (Å²) < 4.78 is 16.7. The summed E-state index contributed by atoms with van der Waals surface area (Å²) in [5, 5.41) is 11.4. The summed E-state index contributed by atoms with van der Waals surface area (Å²) in [6, 6.07) is 16.7. The molecule has 4 amide bonds. The quantitative estimate of drug-likeness (QED) is 0.322. The van der Waals surface area contributed by atoms with Crippen LogP contribution in [0, 0.1) is 0 Å². The number of methoxy groups -OCH3 is 1. The molecule has 0 unspecified atom stereocenters. The Morgan fingerprint density at radius 3 is 2.50 bits per heavy atom. The fraction of sp³-hybridized carbons (Fsp3) is 0.143. The summed E-state index contributed by atoms with van der Waals surface area (Å²) in [5.74, 6) is -1.47. The van der Waals surface area contributed by atoms with E-state index < -0.39 is 23.8 Å². The lowest BCUT2D eigenvalue weighted by molar-refractivity contribution is -0.122. The Morgan fingerprint density at radius 2 is 1.76 bits per heavy atom. The number of hydrogen-bond donors (Lipinski definition) is 2. The van der Waals surface area contributed by atoms with E-state index in [1.807, 2.05) is 6.92 Å². The second-order valence-electron chi connectivity index (χ2n) is 8.09. The summed E-state index contributed by atoms with van der Waals surface area (Å²) in [6.45, 7) is 2.31. The Morgan fingerprint density at radius 1 is 0.974 bits per heavy atom. The third-order valence-electron chi connectivity index (χ3n) is 5.56. The standard InChI is InChI=1S/C28H24N2O8/c1-3-37-21-9-5-8-20(15-21)30-26(32)22(25(31)29-28(30)35)13-17-10-11-23(24(14-17)36-2)38-16-18-6-4-7-19(12-18)27(33)34/h4-15H,3,16H2,1-2H3,(H,33,34)(H,29,31,35)/b22-13-. The maximum Gasteiger partial charge on any atom is 0.335 e. The Kier molecular flexibility index (Phi) is 7.72. The van der Waals surface area contributed by atoms with Gasteiger partial charge in [-0.3, -0.25) is 14.9 Å². The molecule has 0 bridgehead atoms. The number of nitrogens with zero attached hydrogens (tertiary/aromatic N) is 1. The predicted molar refractivity (Wildman–Crippen MR) is 137 cm³/mol. The fourth-order valence-corrected chi connectivity index (χ4v) is 3.79. The number of anilines is 1. The molecule has 3 aromatic rings. The van der Waals surface area contributed by atoms with E-state index in [1.165, 1.54) is 31.4 Å². The first-order valence-electron chi connectivity index (χ1n) is 11.6. The highest BCUT2D eigenvalue weighted by Crippen LogP contribution is 2.31. The normalized spacial score (nSPS) is 14.3. The lowest BCUT2D eigenvalue weighted by atomic mass is 10.1. The first kappa shape index (κ1) is 26.0. The van der Waals surface area contributed by atoms with E-state index in [4.69, 9.17) is 19.3 Å². The molecule has 1 fully saturated rings. The smallest absolute Gasteiger partial charge is 0.335 e. The van der Waals surface area contributed by atoms with Gasteiger partial charge in [0.15, 0.2) is 11.5 Å². The molecule has 1 heterocycles. The van der Waals surface area contributed by atoms with Crippen molar-refractivity contribution in [3.8, 4) is 17.2 Å². The van der Waals surface area contributed by atoms with Crippen LogP contribution < -0.4 is 24.4 Å². The van der Waals surface area contributed by atoms with Crippen LogP contribution in [0.4, 0.5) is 10.5 Å². The van der Waals surface area contributed by atoms with Crippen LogP contribution in [-0.4, -0.2) is 42.6 Å². The maximum atomic E-state index is 13.2. The molecule has 0 saturated carbocycles. The SMILES string of the molecule is CCOc1cccc(N2C(=O)NC(=O)/C(=C/c3ccc(OCc4cccc(C(=O)O)c4)c(OC)c3)C2=O)c1. The van der Waals surface area contributed by atoms with Crippen LogP contribution in [0.15, 0.2) is 72.3 Å². The lowest BCUT2D eigenvalue weighted by Crippen LogP contribution is -2.54. The first-order chi connectivity index (χ1) is 18.3. The molecule has 1 aliphatic rings. The molecule has 3 aromatic carbocycles. The Balaban J connectivity index is 1.57. The number of ether oxygens (including phenoxy) is 3. The van der Waals surface area contributed by atoms with Crippen molar-refractivity contribution in [2.75, 3.05) is 18.6 Å². The van der Waals surface area contributed by atoms with Crippen molar-refractivity contribution in [3.05, 3.63) is 89.0 Å². The molecular formula is C28H24N2O8. The molecule has 0 radical (unpaired) electrons. The van der Waals surface area contributed by atoms with Gasteiger partial charge < -0.3 is 19.3 Å². The summed E-state index contributed by atoms with van der Waals surface area (Å²) in [6.07, 6.45) is 1.35. The average Bonchev–Trinajstić information content (AvgIpc) is 2.90. The molecule has 0 atom stereocenters. The number of urea groups is 1. The maximum absolute atomic E-state index is 13.2. The molecule has 1 aliphatic heterocycles. The van der Waals surface area contributed by atoms with E-state index in [-0.39, 0.29) is 23.4 Å². The summed E-state index contributed by atoms with van der Waals surface area (Å²) >= 11 is 0. The molecule has 4 rings (SSSR count). The number of carbonyl (C=O) groups excluding carboxylic acids is 3. The van der Waals surface area contributed by atoms with Crippen molar-refractivity contribution < 1.29 is 38.5 Å². The summed E-state index contributed by atoms with van der Waals surface area (Å²) in [5.41, 5.74) is 1.27. The van der Waals surface area contributed by atoms with Crippen LogP contribution in [0.3, 0.4) is 0 Å². The van der Waals surface area contributed by atoms with Crippen molar-refractivity contribution in [3.63, 3.8) is 0 Å². The van der Waals surface area contributed by atoms with Crippen LogP contribution in [-0.2, 0) is 16.2 Å². The number of hydrogen-bond acceptors (Lipinski definition) is 7. The molecule has 10 heteroatoms. The third kappa shape index (κ3) is 5.65. The second kappa shape index (κ2) is 11.3. The van der Waals surface area contributed by atoms with Crippen LogP contribution in [0.1, 0.15) is 28.4 Å². The molecule has 2 N–H and O–H groups in total. The minimum atomic E-state index is -1.04. The number of aromatic carboxylic acids is 1.